The Kier molecular flexibility index (Phi) is 4.23. The summed E-state index contributed by atoms with van der Waals surface area (Å²) in [5, 5.41) is 5.99. The zero-order valence-corrected chi connectivity index (χ0v) is 14.5. The molecule has 6 nitrogen and oxygen atoms in total. The van der Waals surface area contributed by atoms with Gasteiger partial charge in [-0.2, -0.15) is 4.98 Å². The van der Waals surface area contributed by atoms with Crippen LogP contribution in [0, 0.1) is 0 Å². The molecule has 2 aromatic heterocycles. The third-order valence-corrected chi connectivity index (χ3v) is 5.18. The lowest BCUT2D eigenvalue weighted by Gasteiger charge is -2.20. The molecule has 1 amide bonds. The van der Waals surface area contributed by atoms with Gasteiger partial charge < -0.3 is 14.2 Å². The van der Waals surface area contributed by atoms with Crippen LogP contribution in [-0.2, 0) is 0 Å². The van der Waals surface area contributed by atoms with Crippen LogP contribution in [0.2, 0.25) is 0 Å². The number of nitrogens with zero attached hydrogens (tertiary/aromatic N) is 3. The molecule has 25 heavy (non-hydrogen) atoms. The number of amides is 1. The van der Waals surface area contributed by atoms with Crippen molar-refractivity contribution in [3.05, 3.63) is 52.5 Å². The number of carbonyl (C=O) groups is 1. The second-order valence-corrected chi connectivity index (χ2v) is 6.77. The first-order valence-corrected chi connectivity index (χ1v) is 8.97. The largest absolute Gasteiger partial charge is 0.497 e. The molecule has 0 aliphatic carbocycles. The first-order chi connectivity index (χ1) is 12.3. The van der Waals surface area contributed by atoms with Crippen LogP contribution in [0.3, 0.4) is 0 Å². The van der Waals surface area contributed by atoms with Crippen molar-refractivity contribution in [3.63, 3.8) is 0 Å². The summed E-state index contributed by atoms with van der Waals surface area (Å²) in [6.45, 7) is 0.710. The highest BCUT2D eigenvalue weighted by atomic mass is 32.1. The maximum atomic E-state index is 12.7. The van der Waals surface area contributed by atoms with Crippen LogP contribution in [0.4, 0.5) is 0 Å². The number of hydrogen-bond donors (Lipinski definition) is 0. The molecular formula is C18H17N3O3S. The van der Waals surface area contributed by atoms with Crippen molar-refractivity contribution in [3.8, 4) is 17.1 Å². The summed E-state index contributed by atoms with van der Waals surface area (Å²) in [5.74, 6) is 1.82. The highest BCUT2D eigenvalue weighted by molar-refractivity contribution is 7.12. The van der Waals surface area contributed by atoms with Gasteiger partial charge in [-0.3, -0.25) is 4.79 Å². The average Bonchev–Trinajstić information content (AvgIpc) is 3.42. The fourth-order valence-corrected chi connectivity index (χ4v) is 3.72. The van der Waals surface area contributed by atoms with E-state index >= 15 is 0 Å². The standard InChI is InChI=1S/C18H17N3O3S/c1-23-13-8-6-12(7-9-13)16-19-17(24-20-16)14-4-2-10-21(14)18(22)15-5-3-11-25-15/h3,5-9,11,14H,2,4,10H2,1H3/t14-/m0/s1. The van der Waals surface area contributed by atoms with Crippen molar-refractivity contribution in [2.24, 2.45) is 0 Å². The monoisotopic (exact) mass is 355 g/mol. The fraction of sp³-hybridized carbons (Fsp3) is 0.278. The van der Waals surface area contributed by atoms with Gasteiger partial charge in [0, 0.05) is 12.1 Å². The van der Waals surface area contributed by atoms with Crippen LogP contribution in [-0.4, -0.2) is 34.6 Å². The van der Waals surface area contributed by atoms with E-state index in [1.165, 1.54) is 11.3 Å². The van der Waals surface area contributed by atoms with E-state index in [2.05, 4.69) is 10.1 Å². The van der Waals surface area contributed by atoms with Crippen molar-refractivity contribution >= 4 is 17.2 Å². The summed E-state index contributed by atoms with van der Waals surface area (Å²) in [6.07, 6.45) is 1.77. The maximum Gasteiger partial charge on any atom is 0.264 e. The molecule has 1 aliphatic heterocycles. The summed E-state index contributed by atoms with van der Waals surface area (Å²) in [4.78, 5) is 19.8. The molecule has 0 unspecified atom stereocenters. The number of ether oxygens (including phenoxy) is 1. The number of likely N-dealkylation sites (tertiary alicyclic amines) is 1. The van der Waals surface area contributed by atoms with E-state index in [1.807, 2.05) is 46.7 Å². The number of aromatic nitrogens is 2. The van der Waals surface area contributed by atoms with E-state index in [0.717, 1.165) is 29.0 Å². The predicted octanol–water partition coefficient (Wildman–Crippen LogP) is 3.78. The third-order valence-electron chi connectivity index (χ3n) is 4.32. The number of thiophene rings is 1. The van der Waals surface area contributed by atoms with Gasteiger partial charge in [0.1, 0.15) is 11.8 Å². The van der Waals surface area contributed by atoms with Gasteiger partial charge in [0.15, 0.2) is 0 Å². The molecule has 1 aliphatic rings. The molecule has 7 heteroatoms. The van der Waals surface area contributed by atoms with Gasteiger partial charge in [0.25, 0.3) is 5.91 Å². The number of carbonyl (C=O) groups excluding carboxylic acids is 1. The van der Waals surface area contributed by atoms with Gasteiger partial charge in [0.05, 0.1) is 12.0 Å². The molecule has 1 fully saturated rings. The Morgan fingerprint density at radius 2 is 2.16 bits per heavy atom. The van der Waals surface area contributed by atoms with Gasteiger partial charge in [-0.05, 0) is 48.6 Å². The molecular weight excluding hydrogens is 338 g/mol. The second kappa shape index (κ2) is 6.68. The van der Waals surface area contributed by atoms with Gasteiger partial charge >= 0.3 is 0 Å². The highest BCUT2D eigenvalue weighted by Crippen LogP contribution is 2.34. The molecule has 0 N–H and O–H groups in total. The van der Waals surface area contributed by atoms with Crippen LogP contribution in [0.25, 0.3) is 11.4 Å². The van der Waals surface area contributed by atoms with E-state index in [-0.39, 0.29) is 11.9 Å². The van der Waals surface area contributed by atoms with Crippen molar-refractivity contribution < 1.29 is 14.1 Å². The van der Waals surface area contributed by atoms with Crippen molar-refractivity contribution in [2.75, 3.05) is 13.7 Å². The van der Waals surface area contributed by atoms with Gasteiger partial charge in [-0.25, -0.2) is 0 Å². The molecule has 1 saturated heterocycles. The lowest BCUT2D eigenvalue weighted by Crippen LogP contribution is -2.30. The van der Waals surface area contributed by atoms with E-state index in [1.54, 1.807) is 7.11 Å². The summed E-state index contributed by atoms with van der Waals surface area (Å²) in [5.41, 5.74) is 0.852. The molecule has 0 bridgehead atoms. The highest BCUT2D eigenvalue weighted by Gasteiger charge is 2.34. The Hall–Kier alpha value is -2.67. The third kappa shape index (κ3) is 3.02. The quantitative estimate of drug-likeness (QED) is 0.712. The molecule has 1 aromatic carbocycles. The number of benzene rings is 1. The molecule has 0 radical (unpaired) electrons. The zero-order chi connectivity index (χ0) is 17.2. The first-order valence-electron chi connectivity index (χ1n) is 8.09. The Morgan fingerprint density at radius 1 is 1.32 bits per heavy atom. The van der Waals surface area contributed by atoms with Crippen LogP contribution in [0.5, 0.6) is 5.75 Å². The number of methoxy groups -OCH3 is 1. The van der Waals surface area contributed by atoms with E-state index in [4.69, 9.17) is 9.26 Å². The molecule has 0 spiro atoms. The van der Waals surface area contributed by atoms with E-state index in [0.29, 0.717) is 18.3 Å². The summed E-state index contributed by atoms with van der Waals surface area (Å²) in [6, 6.07) is 11.1. The summed E-state index contributed by atoms with van der Waals surface area (Å²) < 4.78 is 10.6. The van der Waals surface area contributed by atoms with Crippen LogP contribution in [0.15, 0.2) is 46.3 Å². The smallest absolute Gasteiger partial charge is 0.264 e. The fourth-order valence-electron chi connectivity index (χ4n) is 3.04. The van der Waals surface area contributed by atoms with E-state index < -0.39 is 0 Å². The van der Waals surface area contributed by atoms with Gasteiger partial charge in [-0.15, -0.1) is 11.3 Å². The Balaban J connectivity index is 1.57. The Labute approximate surface area is 149 Å². The van der Waals surface area contributed by atoms with E-state index in [9.17, 15) is 4.79 Å². The first kappa shape index (κ1) is 15.8. The molecule has 1 atom stereocenters. The molecule has 3 aromatic rings. The van der Waals surface area contributed by atoms with Crippen LogP contribution in [0.1, 0.15) is 34.4 Å². The lowest BCUT2D eigenvalue weighted by molar-refractivity contribution is 0.0715. The minimum absolute atomic E-state index is 0.0293. The zero-order valence-electron chi connectivity index (χ0n) is 13.7. The van der Waals surface area contributed by atoms with Crippen molar-refractivity contribution in [2.45, 2.75) is 18.9 Å². The van der Waals surface area contributed by atoms with Crippen LogP contribution < -0.4 is 4.74 Å². The minimum atomic E-state index is -0.158. The summed E-state index contributed by atoms with van der Waals surface area (Å²) >= 11 is 1.45. The minimum Gasteiger partial charge on any atom is -0.497 e. The van der Waals surface area contributed by atoms with Crippen molar-refractivity contribution in [1.82, 2.24) is 15.0 Å². The molecule has 4 rings (SSSR count). The van der Waals surface area contributed by atoms with Gasteiger partial charge in [0.2, 0.25) is 11.7 Å². The normalized spacial score (nSPS) is 17.0. The molecule has 0 saturated carbocycles. The maximum absolute atomic E-state index is 12.7. The Bertz CT molecular complexity index is 858. The number of hydrogen-bond acceptors (Lipinski definition) is 6. The SMILES string of the molecule is COc1ccc(-c2noc([C@@H]3CCCN3C(=O)c3cccs3)n2)cc1. The van der Waals surface area contributed by atoms with Crippen LogP contribution >= 0.6 is 11.3 Å². The topological polar surface area (TPSA) is 68.5 Å². The molecule has 128 valence electrons. The Morgan fingerprint density at radius 3 is 2.88 bits per heavy atom. The average molecular weight is 355 g/mol. The van der Waals surface area contributed by atoms with Gasteiger partial charge in [-0.1, -0.05) is 11.2 Å². The predicted molar refractivity (Wildman–Crippen MR) is 93.6 cm³/mol. The lowest BCUT2D eigenvalue weighted by atomic mass is 10.2. The molecule has 3 heterocycles. The summed E-state index contributed by atoms with van der Waals surface area (Å²) in [7, 11) is 1.63. The number of rotatable bonds is 4. The van der Waals surface area contributed by atoms with Crippen molar-refractivity contribution in [1.29, 1.82) is 0 Å². The second-order valence-electron chi connectivity index (χ2n) is 5.82.